The first-order chi connectivity index (χ1) is 61.8. The number of amides is 13. The Balaban J connectivity index is 0.000000727. The number of hydrogen-bond acceptors (Lipinski definition) is 23. The molecule has 9 saturated heterocycles. The van der Waals surface area contributed by atoms with E-state index >= 15 is 0 Å². The monoisotopic (exact) mass is 1810 g/mol. The summed E-state index contributed by atoms with van der Waals surface area (Å²) in [6, 6.07) is 0. The normalized spacial score (nSPS) is 17.4. The van der Waals surface area contributed by atoms with Crippen LogP contribution in [0.4, 0.5) is 0 Å². The number of nitrogens with zero attached hydrogens (tertiary/aromatic N) is 9. The second-order valence-corrected chi connectivity index (χ2v) is 30.8. The van der Waals surface area contributed by atoms with Crippen LogP contribution in [-0.4, -0.2) is 300 Å². The largest absolute Gasteiger partial charge is 0.463 e. The molecular weight excluding hydrogens is 1670 g/mol. The lowest BCUT2D eigenvalue weighted by Crippen LogP contribution is -2.48. The van der Waals surface area contributed by atoms with Gasteiger partial charge in [-0.3, -0.25) is 62.3 Å². The lowest BCUT2D eigenvalue weighted by molar-refractivity contribution is -0.159. The minimum Gasteiger partial charge on any atom is -0.463 e. The van der Waals surface area contributed by atoms with Crippen molar-refractivity contribution in [3.8, 4) is 0 Å². The van der Waals surface area contributed by atoms with E-state index in [-0.39, 0.29) is 102 Å². The van der Waals surface area contributed by atoms with Gasteiger partial charge in [-0.25, -0.2) is 24.0 Å². The summed E-state index contributed by atoms with van der Waals surface area (Å²) in [7, 11) is 0. The Bertz CT molecular complexity index is 3500. The number of carbonyl (C=O) groups excluding carboxylic acids is 18. The second-order valence-electron chi connectivity index (χ2n) is 30.8. The Kier molecular flexibility index (Phi) is 62.6. The Morgan fingerprint density at radius 3 is 0.837 bits per heavy atom. The molecule has 0 saturated carbocycles. The van der Waals surface area contributed by atoms with Gasteiger partial charge in [0.15, 0.2) is 12.5 Å². The molecule has 0 aromatic rings. The summed E-state index contributed by atoms with van der Waals surface area (Å²) in [5.41, 5.74) is 0. The predicted molar refractivity (Wildman–Crippen MR) is 485 cm³/mol. The van der Waals surface area contributed by atoms with Gasteiger partial charge in [-0.1, -0.05) is 91.3 Å². The zero-order valence-corrected chi connectivity index (χ0v) is 76.9. The SMILES string of the molecule is C=CC(=O)NC(C)N1CCCC1=O.C=CC(=O)NC(C)N1CCCCCC1=O.C=CC(=O)NCCN1CCCC1=O.C=CC(=O)NCCN1CCCCCC1=O.C=CC(=O)OC(C)N1CCCC1=O.C=CC(=O)OC(C)N1CCCCCC1=O.C=CC(=O)OCCCCCCN1CCCC1=O.C=CC(=O)OCCN1CCCC1=O.C=CC(=O)OCCN1CCCCCC1=O. The summed E-state index contributed by atoms with van der Waals surface area (Å²) in [6.07, 6.45) is 35.6. The minimum atomic E-state index is -0.493. The Morgan fingerprint density at radius 2 is 0.527 bits per heavy atom. The van der Waals surface area contributed by atoms with E-state index in [1.807, 2.05) is 16.7 Å². The molecule has 720 valence electrons. The van der Waals surface area contributed by atoms with Crippen LogP contribution < -0.4 is 21.3 Å². The van der Waals surface area contributed by atoms with E-state index in [2.05, 4.69) is 80.5 Å². The van der Waals surface area contributed by atoms with Gasteiger partial charge < -0.3 is 89.1 Å². The molecule has 9 rings (SSSR count). The number of esters is 5. The highest BCUT2D eigenvalue weighted by molar-refractivity contribution is 5.90. The van der Waals surface area contributed by atoms with Crippen LogP contribution >= 0.6 is 0 Å². The molecule has 0 radical (unpaired) electrons. The van der Waals surface area contributed by atoms with Crippen molar-refractivity contribution in [3.63, 3.8) is 0 Å². The molecule has 0 bridgehead atoms. The third-order valence-electron chi connectivity index (χ3n) is 21.1. The molecule has 0 spiro atoms. The van der Waals surface area contributed by atoms with Gasteiger partial charge in [0, 0.05) is 180 Å². The van der Waals surface area contributed by atoms with Crippen molar-refractivity contribution in [2.24, 2.45) is 0 Å². The molecule has 9 heterocycles. The van der Waals surface area contributed by atoms with Crippen molar-refractivity contribution in [2.75, 3.05) is 125 Å². The first kappa shape index (κ1) is 115. The van der Waals surface area contributed by atoms with Crippen molar-refractivity contribution >= 4 is 107 Å². The first-order valence-corrected chi connectivity index (χ1v) is 45.1. The summed E-state index contributed by atoms with van der Waals surface area (Å²) >= 11 is 0. The molecule has 9 fully saturated rings. The van der Waals surface area contributed by atoms with Crippen LogP contribution in [0.5, 0.6) is 0 Å². The van der Waals surface area contributed by atoms with Gasteiger partial charge in [-0.2, -0.15) is 0 Å². The minimum absolute atomic E-state index is 0.0457. The number of rotatable bonds is 36. The van der Waals surface area contributed by atoms with Gasteiger partial charge in [0.05, 0.1) is 19.7 Å². The second kappa shape index (κ2) is 70.1. The molecule has 4 N–H and O–H groups in total. The van der Waals surface area contributed by atoms with E-state index in [4.69, 9.17) is 23.7 Å². The van der Waals surface area contributed by atoms with E-state index < -0.39 is 36.3 Å². The third-order valence-corrected chi connectivity index (χ3v) is 21.1. The van der Waals surface area contributed by atoms with Crippen molar-refractivity contribution in [1.29, 1.82) is 0 Å². The van der Waals surface area contributed by atoms with Gasteiger partial charge >= 0.3 is 29.8 Å². The van der Waals surface area contributed by atoms with E-state index in [1.165, 1.54) is 30.4 Å². The lowest BCUT2D eigenvalue weighted by Gasteiger charge is -2.28. The maximum atomic E-state index is 11.7. The number of likely N-dealkylation sites (tertiary alicyclic amines) is 9. The highest BCUT2D eigenvalue weighted by atomic mass is 16.6. The van der Waals surface area contributed by atoms with Crippen LogP contribution in [0.25, 0.3) is 0 Å². The molecule has 13 amide bonds. The molecule has 9 aliphatic rings. The molecule has 4 unspecified atom stereocenters. The maximum absolute atomic E-state index is 11.7. The highest BCUT2D eigenvalue weighted by Crippen LogP contribution is 2.20. The Hall–Kier alpha value is -11.9. The zero-order valence-electron chi connectivity index (χ0n) is 76.9. The number of carbonyl (C=O) groups is 18. The molecular formula is C93H145N13O23. The molecule has 0 aromatic carbocycles. The van der Waals surface area contributed by atoms with Crippen molar-refractivity contribution < 1.29 is 110 Å². The molecule has 4 atom stereocenters. The number of nitrogens with one attached hydrogen (secondary N) is 4. The fraction of sp³-hybridized carbons (Fsp3) is 0.613. The molecule has 0 aromatic heterocycles. The summed E-state index contributed by atoms with van der Waals surface area (Å²) in [4.78, 5) is 215. The predicted octanol–water partition coefficient (Wildman–Crippen LogP) is 7.40. The quantitative estimate of drug-likeness (QED) is 0.0205. The van der Waals surface area contributed by atoms with Crippen LogP contribution in [0.2, 0.25) is 0 Å². The summed E-state index contributed by atoms with van der Waals surface area (Å²) in [5.74, 6) is -1.70. The van der Waals surface area contributed by atoms with Gasteiger partial charge in [-0.05, 0) is 155 Å². The number of hydrogen-bond donors (Lipinski definition) is 4. The van der Waals surface area contributed by atoms with E-state index in [0.717, 1.165) is 218 Å². The lowest BCUT2D eigenvalue weighted by atomic mass is 10.2. The smallest absolute Gasteiger partial charge is 0.332 e. The summed E-state index contributed by atoms with van der Waals surface area (Å²) < 4.78 is 24.4. The number of ether oxygens (including phenoxy) is 5. The van der Waals surface area contributed by atoms with E-state index in [1.54, 1.807) is 55.1 Å². The van der Waals surface area contributed by atoms with Gasteiger partial charge in [0.1, 0.15) is 25.5 Å². The van der Waals surface area contributed by atoms with Crippen LogP contribution in [0.1, 0.15) is 220 Å². The van der Waals surface area contributed by atoms with Gasteiger partial charge in [0.25, 0.3) is 0 Å². The standard InChI is InChI=1S/C13H21NO3.2C11H18N2O2.2C11H17NO3.2C9H14N2O2.2C9H13NO3/c1-2-13(16)17-11-6-4-3-5-9-14-10-7-8-12(14)15;1-3-10(14)12-9(2)13-8-6-4-5-7-11(13)15;1-2-10(14)12-7-9-13-8-5-3-4-6-11(13)15;1-3-11(14)15-9(2)12-8-6-4-5-7-10(12)13;1-2-11(14)15-9-8-12-7-5-3-4-6-10(12)13;1-3-8(12)10-7(2)11-6-4-5-9(11)13;1-2-8(12)10-5-7-11-6-3-4-9(11)13;1-3-9(12)13-7(2)10-6-4-5-8(10)11;1-2-9(12)13-7-6-10-5-3-4-8(10)11/h2H,1,3-11H2;3,9H,1,4-8H2,2H3,(H,12,14);2H,1,3-9H2,(H,12,14);3,9H,1,4-8H2,2H3;2H,1,3-9H2;3,7H,1,4-6H2,2H3,(H,10,12);2H,1,3-7H2,(H,10,12);3,7H,1,4-6H2,2H3;2H,1,3-7H2. The molecule has 36 heteroatoms. The van der Waals surface area contributed by atoms with Gasteiger partial charge in [0.2, 0.25) is 76.8 Å². The summed E-state index contributed by atoms with van der Waals surface area (Å²) in [5, 5.41) is 10.7. The van der Waals surface area contributed by atoms with Crippen molar-refractivity contribution in [2.45, 2.75) is 245 Å². The van der Waals surface area contributed by atoms with Crippen LogP contribution in [0.3, 0.4) is 0 Å². The van der Waals surface area contributed by atoms with E-state index in [9.17, 15) is 86.3 Å². The third kappa shape index (κ3) is 52.3. The van der Waals surface area contributed by atoms with Crippen molar-refractivity contribution in [1.82, 2.24) is 65.4 Å². The van der Waals surface area contributed by atoms with Gasteiger partial charge in [-0.15, -0.1) is 0 Å². The average molecular weight is 1810 g/mol. The zero-order chi connectivity index (χ0) is 96.3. The molecule has 36 nitrogen and oxygen atoms in total. The van der Waals surface area contributed by atoms with Crippen LogP contribution in [0.15, 0.2) is 114 Å². The molecule has 129 heavy (non-hydrogen) atoms. The topological polar surface area (TPSA) is 431 Å². The number of unbranched alkanes of at least 4 members (excludes halogenated alkanes) is 3. The first-order valence-electron chi connectivity index (χ1n) is 45.1. The summed E-state index contributed by atoms with van der Waals surface area (Å²) in [6.45, 7) is 49.0. The fourth-order valence-electron chi connectivity index (χ4n) is 13.9. The maximum Gasteiger partial charge on any atom is 0.332 e. The Morgan fingerprint density at radius 1 is 0.271 bits per heavy atom. The highest BCUT2D eigenvalue weighted by Gasteiger charge is 2.30. The van der Waals surface area contributed by atoms with Crippen LogP contribution in [0, 0.1) is 0 Å². The van der Waals surface area contributed by atoms with Crippen LogP contribution in [-0.2, 0) is 110 Å². The van der Waals surface area contributed by atoms with Crippen molar-refractivity contribution in [3.05, 3.63) is 114 Å². The molecule has 0 aliphatic carbocycles. The average Bonchev–Trinajstić information content (AvgIpc) is 1.71. The fourth-order valence-corrected chi connectivity index (χ4v) is 13.9. The van der Waals surface area contributed by atoms with E-state index in [0.29, 0.717) is 116 Å². The Labute approximate surface area is 762 Å². The molecule has 9 aliphatic heterocycles.